The number of carbonyl (C=O) groups excluding carboxylic acids is 1. The predicted molar refractivity (Wildman–Crippen MR) is 79.6 cm³/mol. The van der Waals surface area contributed by atoms with Crippen LogP contribution in [0.4, 0.5) is 5.69 Å². The Hall–Kier alpha value is -1.58. The van der Waals surface area contributed by atoms with E-state index >= 15 is 0 Å². The summed E-state index contributed by atoms with van der Waals surface area (Å²) in [7, 11) is 1.59. The normalized spacial score (nSPS) is 9.90. The quantitative estimate of drug-likeness (QED) is 0.713. The highest BCUT2D eigenvalue weighted by atomic mass is 79.9. The number of nitriles is 1. The molecule has 0 heterocycles. The molecule has 0 aromatic heterocycles. The molecule has 0 aliphatic heterocycles. The first kappa shape index (κ1) is 16.5. The van der Waals surface area contributed by atoms with Gasteiger partial charge in [0.2, 0.25) is 0 Å². The summed E-state index contributed by atoms with van der Waals surface area (Å²) in [5.74, 6) is -0.324. The largest absolute Gasteiger partial charge is 0.465 e. The summed E-state index contributed by atoms with van der Waals surface area (Å²) in [4.78, 5) is 13.4. The third-order valence-electron chi connectivity index (χ3n) is 2.61. The van der Waals surface area contributed by atoms with E-state index < -0.39 is 0 Å². The van der Waals surface area contributed by atoms with Crippen molar-refractivity contribution < 1.29 is 14.3 Å². The van der Waals surface area contributed by atoms with Crippen LogP contribution in [0, 0.1) is 11.3 Å². The second kappa shape index (κ2) is 8.56. The number of ether oxygens (including phenoxy) is 2. The van der Waals surface area contributed by atoms with E-state index in [1.54, 1.807) is 31.1 Å². The summed E-state index contributed by atoms with van der Waals surface area (Å²) >= 11 is 3.33. The maximum absolute atomic E-state index is 11.7. The summed E-state index contributed by atoms with van der Waals surface area (Å²) in [6.45, 7) is 3.15. The van der Waals surface area contributed by atoms with Crippen molar-refractivity contribution in [3.05, 3.63) is 28.2 Å². The standard InChI is InChI=1S/C14H17BrN2O3/c1-3-20-14(18)10-17(6-7-19-2)13-5-4-12(15)8-11(13)9-16/h4-5,8H,3,6-7,10H2,1-2H3. The van der Waals surface area contributed by atoms with Crippen LogP contribution in [-0.2, 0) is 14.3 Å². The van der Waals surface area contributed by atoms with Crippen LogP contribution < -0.4 is 4.90 Å². The van der Waals surface area contributed by atoms with Crippen molar-refractivity contribution in [1.82, 2.24) is 0 Å². The zero-order valence-electron chi connectivity index (χ0n) is 11.6. The van der Waals surface area contributed by atoms with E-state index in [1.165, 1.54) is 0 Å². The molecule has 108 valence electrons. The van der Waals surface area contributed by atoms with Gasteiger partial charge in [-0.3, -0.25) is 4.79 Å². The molecule has 5 nitrogen and oxygen atoms in total. The first-order valence-corrected chi connectivity index (χ1v) is 7.00. The smallest absolute Gasteiger partial charge is 0.325 e. The minimum Gasteiger partial charge on any atom is -0.465 e. The fourth-order valence-corrected chi connectivity index (χ4v) is 2.08. The molecule has 0 fully saturated rings. The average molecular weight is 341 g/mol. The molecule has 0 aliphatic carbocycles. The molecular weight excluding hydrogens is 324 g/mol. The van der Waals surface area contributed by atoms with E-state index in [0.29, 0.717) is 31.0 Å². The summed E-state index contributed by atoms with van der Waals surface area (Å²) in [5, 5.41) is 9.21. The van der Waals surface area contributed by atoms with Crippen molar-refractivity contribution in [3.8, 4) is 6.07 Å². The van der Waals surface area contributed by atoms with Gasteiger partial charge in [0.1, 0.15) is 12.6 Å². The van der Waals surface area contributed by atoms with Gasteiger partial charge in [-0.25, -0.2) is 0 Å². The lowest BCUT2D eigenvalue weighted by Gasteiger charge is -2.24. The number of anilines is 1. The molecule has 20 heavy (non-hydrogen) atoms. The molecule has 1 aromatic rings. The van der Waals surface area contributed by atoms with E-state index in [2.05, 4.69) is 22.0 Å². The van der Waals surface area contributed by atoms with Gasteiger partial charge in [-0.15, -0.1) is 0 Å². The van der Waals surface area contributed by atoms with Crippen molar-refractivity contribution in [1.29, 1.82) is 5.26 Å². The summed E-state index contributed by atoms with van der Waals surface area (Å²) < 4.78 is 10.8. The molecule has 0 saturated carbocycles. The van der Waals surface area contributed by atoms with Gasteiger partial charge in [0.15, 0.2) is 0 Å². The van der Waals surface area contributed by atoms with Crippen LogP contribution in [0.25, 0.3) is 0 Å². The molecule has 1 aromatic carbocycles. The molecule has 0 bridgehead atoms. The minimum absolute atomic E-state index is 0.0908. The second-order valence-corrected chi connectivity index (χ2v) is 4.91. The predicted octanol–water partition coefficient (Wildman–Crippen LogP) is 2.34. The van der Waals surface area contributed by atoms with Crippen LogP contribution in [0.1, 0.15) is 12.5 Å². The Morgan fingerprint density at radius 1 is 1.50 bits per heavy atom. The summed E-state index contributed by atoms with van der Waals surface area (Å²) in [6, 6.07) is 7.49. The lowest BCUT2D eigenvalue weighted by Crippen LogP contribution is -2.34. The van der Waals surface area contributed by atoms with Crippen molar-refractivity contribution in [2.75, 3.05) is 38.3 Å². The number of halogens is 1. The maximum Gasteiger partial charge on any atom is 0.325 e. The second-order valence-electron chi connectivity index (χ2n) is 3.99. The number of carbonyl (C=O) groups is 1. The number of hydrogen-bond donors (Lipinski definition) is 0. The molecule has 0 spiro atoms. The highest BCUT2D eigenvalue weighted by Gasteiger charge is 2.15. The van der Waals surface area contributed by atoms with Crippen LogP contribution in [0.5, 0.6) is 0 Å². The summed E-state index contributed by atoms with van der Waals surface area (Å²) in [5.41, 5.74) is 1.19. The van der Waals surface area contributed by atoms with Crippen molar-refractivity contribution in [2.24, 2.45) is 0 Å². The van der Waals surface area contributed by atoms with Crippen molar-refractivity contribution in [3.63, 3.8) is 0 Å². The van der Waals surface area contributed by atoms with E-state index in [0.717, 1.165) is 4.47 Å². The minimum atomic E-state index is -0.324. The molecule has 0 radical (unpaired) electrons. The third kappa shape index (κ3) is 4.83. The van der Waals surface area contributed by atoms with Crippen LogP contribution in [0.15, 0.2) is 22.7 Å². The van der Waals surface area contributed by atoms with Gasteiger partial charge in [-0.1, -0.05) is 15.9 Å². The zero-order chi connectivity index (χ0) is 15.0. The number of benzene rings is 1. The van der Waals surface area contributed by atoms with Crippen LogP contribution in [-0.4, -0.2) is 39.4 Å². The van der Waals surface area contributed by atoms with Crippen LogP contribution in [0.2, 0.25) is 0 Å². The van der Waals surface area contributed by atoms with Gasteiger partial charge in [0, 0.05) is 18.1 Å². The SMILES string of the molecule is CCOC(=O)CN(CCOC)c1ccc(Br)cc1C#N. The van der Waals surface area contributed by atoms with Gasteiger partial charge < -0.3 is 14.4 Å². The Bertz CT molecular complexity index is 500. The van der Waals surface area contributed by atoms with E-state index in [4.69, 9.17) is 9.47 Å². The van der Waals surface area contributed by atoms with Gasteiger partial charge >= 0.3 is 5.97 Å². The zero-order valence-corrected chi connectivity index (χ0v) is 13.1. The Kier molecular flexibility index (Phi) is 7.05. The Morgan fingerprint density at radius 3 is 2.85 bits per heavy atom. The van der Waals surface area contributed by atoms with Gasteiger partial charge in [0.05, 0.1) is 24.5 Å². The molecule has 0 amide bonds. The van der Waals surface area contributed by atoms with Crippen LogP contribution >= 0.6 is 15.9 Å². The monoisotopic (exact) mass is 340 g/mol. The number of rotatable bonds is 7. The molecule has 0 saturated heterocycles. The van der Waals surface area contributed by atoms with E-state index in [-0.39, 0.29) is 12.5 Å². The molecule has 1 rings (SSSR count). The van der Waals surface area contributed by atoms with Gasteiger partial charge in [-0.05, 0) is 25.1 Å². The number of hydrogen-bond acceptors (Lipinski definition) is 5. The highest BCUT2D eigenvalue weighted by molar-refractivity contribution is 9.10. The van der Waals surface area contributed by atoms with Gasteiger partial charge in [0.25, 0.3) is 0 Å². The molecule has 6 heteroatoms. The molecule has 0 N–H and O–H groups in total. The number of nitrogens with zero attached hydrogens (tertiary/aromatic N) is 2. The fraction of sp³-hybridized carbons (Fsp3) is 0.429. The average Bonchev–Trinajstić information content (AvgIpc) is 2.43. The van der Waals surface area contributed by atoms with Gasteiger partial charge in [-0.2, -0.15) is 5.26 Å². The molecule has 0 atom stereocenters. The highest BCUT2D eigenvalue weighted by Crippen LogP contribution is 2.24. The third-order valence-corrected chi connectivity index (χ3v) is 3.10. The van der Waals surface area contributed by atoms with Crippen molar-refractivity contribution >= 4 is 27.6 Å². The Labute approximate surface area is 127 Å². The Balaban J connectivity index is 2.98. The van der Waals surface area contributed by atoms with Crippen LogP contribution in [0.3, 0.4) is 0 Å². The van der Waals surface area contributed by atoms with E-state index in [9.17, 15) is 10.1 Å². The van der Waals surface area contributed by atoms with Crippen molar-refractivity contribution in [2.45, 2.75) is 6.92 Å². The number of methoxy groups -OCH3 is 1. The summed E-state index contributed by atoms with van der Waals surface area (Å²) in [6.07, 6.45) is 0. The first-order chi connectivity index (χ1) is 9.62. The Morgan fingerprint density at radius 2 is 2.25 bits per heavy atom. The van der Waals surface area contributed by atoms with E-state index in [1.807, 2.05) is 6.07 Å². The fourth-order valence-electron chi connectivity index (χ4n) is 1.72. The molecular formula is C14H17BrN2O3. The lowest BCUT2D eigenvalue weighted by atomic mass is 10.1. The number of esters is 1. The molecule has 0 aliphatic rings. The first-order valence-electron chi connectivity index (χ1n) is 6.21. The maximum atomic E-state index is 11.7. The lowest BCUT2D eigenvalue weighted by molar-refractivity contribution is -0.141. The molecule has 0 unspecified atom stereocenters. The topological polar surface area (TPSA) is 62.6 Å².